The van der Waals surface area contributed by atoms with Crippen LogP contribution in [0.25, 0.3) is 0 Å². The molecule has 2 aromatic carbocycles. The first-order chi connectivity index (χ1) is 14.4. The highest BCUT2D eigenvalue weighted by Gasteiger charge is 2.64. The van der Waals surface area contributed by atoms with E-state index in [-0.39, 0.29) is 16.8 Å². The van der Waals surface area contributed by atoms with Crippen LogP contribution in [0.1, 0.15) is 30.4 Å². The van der Waals surface area contributed by atoms with Crippen molar-refractivity contribution in [3.8, 4) is 0 Å². The first-order valence-electron chi connectivity index (χ1n) is 10.4. The monoisotopic (exact) mass is 418 g/mol. The molecule has 1 amide bonds. The zero-order valence-electron chi connectivity index (χ0n) is 16.7. The highest BCUT2D eigenvalue weighted by Crippen LogP contribution is 2.61. The van der Waals surface area contributed by atoms with E-state index in [0.717, 1.165) is 30.5 Å². The third-order valence-corrected chi connectivity index (χ3v) is 8.78. The maximum atomic E-state index is 13.8. The minimum Gasteiger partial charge on any atom is -0.335 e. The molecule has 6 heteroatoms. The Kier molecular flexibility index (Phi) is 3.50. The number of rotatable bonds is 2. The maximum absolute atomic E-state index is 13.8. The molecule has 2 aromatic rings. The lowest BCUT2D eigenvalue weighted by Gasteiger charge is -2.43. The van der Waals surface area contributed by atoms with Crippen LogP contribution >= 0.6 is 0 Å². The van der Waals surface area contributed by atoms with Gasteiger partial charge in [0.15, 0.2) is 0 Å². The lowest BCUT2D eigenvalue weighted by Crippen LogP contribution is -2.50. The van der Waals surface area contributed by atoms with E-state index in [1.807, 2.05) is 60.4 Å². The summed E-state index contributed by atoms with van der Waals surface area (Å²) in [5.74, 6) is 0.114. The zero-order chi connectivity index (χ0) is 20.7. The van der Waals surface area contributed by atoms with Crippen molar-refractivity contribution >= 4 is 21.6 Å². The predicted molar refractivity (Wildman–Crippen MR) is 114 cm³/mol. The average molecular weight is 419 g/mol. The van der Waals surface area contributed by atoms with Crippen molar-refractivity contribution in [3.63, 3.8) is 0 Å². The van der Waals surface area contributed by atoms with E-state index < -0.39 is 15.4 Å². The first-order valence-corrected chi connectivity index (χ1v) is 11.8. The molecule has 3 aliphatic heterocycles. The maximum Gasteiger partial charge on any atom is 0.268 e. The minimum absolute atomic E-state index is 0.0851. The lowest BCUT2D eigenvalue weighted by molar-refractivity contribution is -0.129. The van der Waals surface area contributed by atoms with Gasteiger partial charge in [-0.3, -0.25) is 4.79 Å². The van der Waals surface area contributed by atoms with Crippen molar-refractivity contribution in [2.24, 2.45) is 0 Å². The summed E-state index contributed by atoms with van der Waals surface area (Å²) in [5, 5.41) is 0. The molecule has 0 radical (unpaired) electrons. The van der Waals surface area contributed by atoms with Crippen LogP contribution in [0.3, 0.4) is 0 Å². The Labute approximate surface area is 176 Å². The molecule has 6 rings (SSSR count). The number of amides is 1. The molecule has 30 heavy (non-hydrogen) atoms. The molecule has 0 aromatic heterocycles. The summed E-state index contributed by atoms with van der Waals surface area (Å²) in [5.41, 5.74) is 3.93. The third-order valence-electron chi connectivity index (χ3n) is 7.04. The Morgan fingerprint density at radius 1 is 1.03 bits per heavy atom. The van der Waals surface area contributed by atoms with Crippen molar-refractivity contribution in [1.29, 1.82) is 0 Å². The molecule has 3 heterocycles. The molecule has 152 valence electrons. The fourth-order valence-corrected chi connectivity index (χ4v) is 7.40. The standard InChI is InChI=1S/C24H22N2O3S/c1-16-8-11-18(12-9-16)30(28,29)26-20-7-3-2-6-19(20)24-15-22(27)25-14-4-5-17(23(24)25)10-13-21(24)26/h2-3,6-13,23H,4-5,14-15H2,1H3/t23-,24-/m0/s1. The average Bonchev–Trinajstić information content (AvgIpc) is 3.21. The van der Waals surface area contributed by atoms with Crippen molar-refractivity contribution in [1.82, 2.24) is 4.90 Å². The number of hydrogen-bond acceptors (Lipinski definition) is 3. The smallest absolute Gasteiger partial charge is 0.268 e. The minimum atomic E-state index is -3.82. The Hall–Kier alpha value is -2.86. The van der Waals surface area contributed by atoms with Gasteiger partial charge in [-0.2, -0.15) is 0 Å². The number of sulfonamides is 1. The molecule has 2 atom stereocenters. The van der Waals surface area contributed by atoms with Crippen LogP contribution in [0.2, 0.25) is 0 Å². The summed E-state index contributed by atoms with van der Waals surface area (Å²) in [6.45, 7) is 2.68. The second-order valence-electron chi connectivity index (χ2n) is 8.63. The number of carbonyl (C=O) groups excluding carboxylic acids is 1. The van der Waals surface area contributed by atoms with Crippen molar-refractivity contribution in [3.05, 3.63) is 83.1 Å². The molecule has 0 bridgehead atoms. The van der Waals surface area contributed by atoms with Gasteiger partial charge in [0.1, 0.15) is 0 Å². The van der Waals surface area contributed by atoms with Gasteiger partial charge in [0.2, 0.25) is 5.91 Å². The number of nitrogens with zero attached hydrogens (tertiary/aromatic N) is 2. The van der Waals surface area contributed by atoms with Crippen molar-refractivity contribution < 1.29 is 13.2 Å². The first kappa shape index (κ1) is 18.0. The number of para-hydroxylation sites is 1. The number of anilines is 1. The quantitative estimate of drug-likeness (QED) is 0.748. The number of piperidine rings is 1. The highest BCUT2D eigenvalue weighted by molar-refractivity contribution is 7.93. The molecule has 1 spiro atoms. The van der Waals surface area contributed by atoms with Crippen LogP contribution in [0.15, 0.2) is 76.8 Å². The van der Waals surface area contributed by atoms with Gasteiger partial charge in [0.05, 0.1) is 22.0 Å². The van der Waals surface area contributed by atoms with Crippen LogP contribution < -0.4 is 4.31 Å². The summed E-state index contributed by atoms with van der Waals surface area (Å²) in [4.78, 5) is 15.3. The second kappa shape index (κ2) is 5.85. The Bertz CT molecular complexity index is 1260. The van der Waals surface area contributed by atoms with E-state index in [4.69, 9.17) is 0 Å². The summed E-state index contributed by atoms with van der Waals surface area (Å²) in [7, 11) is -3.82. The fourth-order valence-electron chi connectivity index (χ4n) is 5.81. The highest BCUT2D eigenvalue weighted by atomic mass is 32.2. The van der Waals surface area contributed by atoms with E-state index in [9.17, 15) is 13.2 Å². The number of carbonyl (C=O) groups is 1. The lowest BCUT2D eigenvalue weighted by atomic mass is 9.67. The largest absolute Gasteiger partial charge is 0.335 e. The number of benzene rings is 2. The molecule has 2 fully saturated rings. The van der Waals surface area contributed by atoms with Gasteiger partial charge in [-0.25, -0.2) is 12.7 Å². The number of allylic oxidation sites excluding steroid dienone is 2. The Morgan fingerprint density at radius 3 is 2.60 bits per heavy atom. The normalized spacial score (nSPS) is 26.7. The summed E-state index contributed by atoms with van der Waals surface area (Å²) >= 11 is 0. The third kappa shape index (κ3) is 2.07. The van der Waals surface area contributed by atoms with Crippen LogP contribution in [0, 0.1) is 6.92 Å². The van der Waals surface area contributed by atoms with Crippen LogP contribution in [0.5, 0.6) is 0 Å². The van der Waals surface area contributed by atoms with Gasteiger partial charge in [0, 0.05) is 18.7 Å². The van der Waals surface area contributed by atoms with Gasteiger partial charge in [-0.1, -0.05) is 42.0 Å². The molecule has 1 aliphatic carbocycles. The van der Waals surface area contributed by atoms with Crippen LogP contribution in [-0.4, -0.2) is 31.8 Å². The van der Waals surface area contributed by atoms with Gasteiger partial charge >= 0.3 is 0 Å². The van der Waals surface area contributed by atoms with Gasteiger partial charge in [-0.15, -0.1) is 0 Å². The number of fused-ring (bicyclic) bond motifs is 1. The second-order valence-corrected chi connectivity index (χ2v) is 10.4. The van der Waals surface area contributed by atoms with Gasteiger partial charge in [0.25, 0.3) is 10.0 Å². The van der Waals surface area contributed by atoms with Gasteiger partial charge < -0.3 is 4.90 Å². The molecular formula is C24H22N2O3S. The molecule has 0 unspecified atom stereocenters. The molecule has 2 saturated heterocycles. The van der Waals surface area contributed by atoms with Crippen LogP contribution in [-0.2, 0) is 20.2 Å². The topological polar surface area (TPSA) is 57.7 Å². The van der Waals surface area contributed by atoms with Gasteiger partial charge in [-0.05, 0) is 55.2 Å². The number of aryl methyl sites for hydroxylation is 1. The van der Waals surface area contributed by atoms with E-state index in [1.165, 1.54) is 9.88 Å². The van der Waals surface area contributed by atoms with Crippen molar-refractivity contribution in [2.45, 2.75) is 42.5 Å². The Balaban J connectivity index is 1.62. The van der Waals surface area contributed by atoms with E-state index >= 15 is 0 Å². The van der Waals surface area contributed by atoms with E-state index in [1.54, 1.807) is 12.1 Å². The zero-order valence-corrected chi connectivity index (χ0v) is 17.5. The van der Waals surface area contributed by atoms with Crippen molar-refractivity contribution in [2.75, 3.05) is 10.8 Å². The van der Waals surface area contributed by atoms with Crippen LogP contribution in [0.4, 0.5) is 5.69 Å². The summed E-state index contributed by atoms with van der Waals surface area (Å²) in [6, 6.07) is 14.6. The van der Waals surface area contributed by atoms with E-state index in [0.29, 0.717) is 17.8 Å². The fraction of sp³-hybridized carbons (Fsp3) is 0.292. The Morgan fingerprint density at radius 2 is 1.80 bits per heavy atom. The SMILES string of the molecule is Cc1ccc(S(=O)(=O)N2C3=CC=C4CCCN5C(=O)C[C@@]3(c3ccccc32)[C@H]45)cc1. The molecule has 4 aliphatic rings. The molecular weight excluding hydrogens is 396 g/mol. The number of hydrogen-bond donors (Lipinski definition) is 0. The molecule has 0 N–H and O–H groups in total. The summed E-state index contributed by atoms with van der Waals surface area (Å²) < 4.78 is 29.2. The predicted octanol–water partition coefficient (Wildman–Crippen LogP) is 3.66. The molecule has 5 nitrogen and oxygen atoms in total. The summed E-state index contributed by atoms with van der Waals surface area (Å²) in [6.07, 6.45) is 6.22. The molecule has 0 saturated carbocycles. The van der Waals surface area contributed by atoms with E-state index in [2.05, 4.69) is 0 Å².